The molecule has 1 saturated heterocycles. The molecule has 0 aliphatic carbocycles. The lowest BCUT2D eigenvalue weighted by Gasteiger charge is -2.34. The fourth-order valence-electron chi connectivity index (χ4n) is 2.98. The third kappa shape index (κ3) is 2.38. The van der Waals surface area contributed by atoms with E-state index in [2.05, 4.69) is 33.2 Å². The molecule has 1 atom stereocenters. The highest BCUT2D eigenvalue weighted by Crippen LogP contribution is 2.33. The van der Waals surface area contributed by atoms with E-state index in [1.165, 1.54) is 5.00 Å². The Morgan fingerprint density at radius 2 is 2.27 bits per heavy atom. The van der Waals surface area contributed by atoms with Crippen LogP contribution in [0.15, 0.2) is 29.8 Å². The van der Waals surface area contributed by atoms with Crippen molar-refractivity contribution in [2.45, 2.75) is 19.4 Å². The lowest BCUT2D eigenvalue weighted by atomic mass is 10.1. The van der Waals surface area contributed by atoms with Crippen molar-refractivity contribution in [1.29, 1.82) is 0 Å². The molecule has 0 spiro atoms. The number of hydrogen-bond acceptors (Lipinski definition) is 5. The molecule has 6 heteroatoms. The van der Waals surface area contributed by atoms with E-state index in [9.17, 15) is 0 Å². The van der Waals surface area contributed by atoms with Gasteiger partial charge in [0.2, 0.25) is 0 Å². The number of hydrogen-bond donors (Lipinski definition) is 2. The van der Waals surface area contributed by atoms with Crippen LogP contribution in [0, 0.1) is 0 Å². The zero-order valence-electron chi connectivity index (χ0n) is 12.5. The standard InChI is InChI=1S/C16H19N5S/c1-2-11-9-21(8-7-17-11)16-14(18-10-22-16)15-19-12-5-3-4-6-13(12)20-15/h3-6,10-11,17H,2,7-9H2,1H3,(H,19,20). The zero-order chi connectivity index (χ0) is 14.9. The van der Waals surface area contributed by atoms with Crippen LogP contribution in [0.2, 0.25) is 0 Å². The van der Waals surface area contributed by atoms with Crippen molar-refractivity contribution in [3.63, 3.8) is 0 Å². The number of nitrogens with one attached hydrogen (secondary N) is 2. The summed E-state index contributed by atoms with van der Waals surface area (Å²) in [5.74, 6) is 0.865. The number of anilines is 1. The van der Waals surface area contributed by atoms with Crippen LogP contribution in [0.1, 0.15) is 13.3 Å². The Morgan fingerprint density at radius 1 is 1.36 bits per heavy atom. The lowest BCUT2D eigenvalue weighted by Crippen LogP contribution is -2.50. The van der Waals surface area contributed by atoms with Crippen LogP contribution in [-0.4, -0.2) is 40.6 Å². The first-order valence-electron chi connectivity index (χ1n) is 7.72. The third-order valence-electron chi connectivity index (χ3n) is 4.20. The maximum atomic E-state index is 4.70. The van der Waals surface area contributed by atoms with Crippen molar-refractivity contribution in [3.05, 3.63) is 29.8 Å². The van der Waals surface area contributed by atoms with Crippen molar-refractivity contribution < 1.29 is 0 Å². The minimum absolute atomic E-state index is 0.555. The van der Waals surface area contributed by atoms with Gasteiger partial charge >= 0.3 is 0 Å². The van der Waals surface area contributed by atoms with Crippen LogP contribution in [0.4, 0.5) is 5.00 Å². The molecule has 3 heterocycles. The number of aromatic nitrogens is 3. The molecule has 1 aliphatic rings. The molecule has 1 aromatic carbocycles. The van der Waals surface area contributed by atoms with Crippen LogP contribution in [-0.2, 0) is 0 Å². The monoisotopic (exact) mass is 313 g/mol. The molecule has 2 aromatic heterocycles. The Morgan fingerprint density at radius 3 is 3.14 bits per heavy atom. The number of benzene rings is 1. The number of piperazine rings is 1. The molecule has 4 rings (SSSR count). The van der Waals surface area contributed by atoms with E-state index in [1.807, 2.05) is 23.7 Å². The van der Waals surface area contributed by atoms with Crippen molar-refractivity contribution >= 4 is 27.4 Å². The molecule has 0 amide bonds. The second-order valence-electron chi connectivity index (χ2n) is 5.61. The highest BCUT2D eigenvalue weighted by molar-refractivity contribution is 7.14. The Bertz CT molecular complexity index is 745. The maximum absolute atomic E-state index is 4.70. The van der Waals surface area contributed by atoms with E-state index in [-0.39, 0.29) is 0 Å². The van der Waals surface area contributed by atoms with Crippen molar-refractivity contribution in [2.75, 3.05) is 24.5 Å². The summed E-state index contributed by atoms with van der Waals surface area (Å²) < 4.78 is 0. The Balaban J connectivity index is 1.70. The predicted molar refractivity (Wildman–Crippen MR) is 91.5 cm³/mol. The summed E-state index contributed by atoms with van der Waals surface area (Å²) >= 11 is 1.70. The van der Waals surface area contributed by atoms with E-state index in [0.29, 0.717) is 6.04 Å². The highest BCUT2D eigenvalue weighted by Gasteiger charge is 2.23. The molecule has 3 aromatic rings. The zero-order valence-corrected chi connectivity index (χ0v) is 13.4. The van der Waals surface area contributed by atoms with E-state index in [0.717, 1.165) is 48.6 Å². The van der Waals surface area contributed by atoms with Gasteiger partial charge in [0.15, 0.2) is 5.82 Å². The second kappa shape index (κ2) is 5.70. The lowest BCUT2D eigenvalue weighted by molar-refractivity contribution is 0.448. The maximum Gasteiger partial charge on any atom is 0.160 e. The van der Waals surface area contributed by atoms with E-state index >= 15 is 0 Å². The summed E-state index contributed by atoms with van der Waals surface area (Å²) in [7, 11) is 0. The highest BCUT2D eigenvalue weighted by atomic mass is 32.1. The smallest absolute Gasteiger partial charge is 0.160 e. The van der Waals surface area contributed by atoms with Gasteiger partial charge in [-0.3, -0.25) is 0 Å². The summed E-state index contributed by atoms with van der Waals surface area (Å²) in [4.78, 5) is 15.1. The van der Waals surface area contributed by atoms with Crippen LogP contribution in [0.5, 0.6) is 0 Å². The van der Waals surface area contributed by atoms with Gasteiger partial charge in [0.25, 0.3) is 0 Å². The number of H-pyrrole nitrogens is 1. The van der Waals surface area contributed by atoms with Gasteiger partial charge in [0.05, 0.1) is 16.5 Å². The van der Waals surface area contributed by atoms with Crippen LogP contribution in [0.3, 0.4) is 0 Å². The predicted octanol–water partition coefficient (Wildman–Crippen LogP) is 2.87. The average molecular weight is 313 g/mol. The molecule has 0 radical (unpaired) electrons. The number of fused-ring (bicyclic) bond motifs is 1. The minimum atomic E-state index is 0.555. The normalized spacial score (nSPS) is 19.0. The topological polar surface area (TPSA) is 56.8 Å². The molecule has 1 unspecified atom stereocenters. The number of thiazole rings is 1. The first-order valence-corrected chi connectivity index (χ1v) is 8.60. The fraction of sp³-hybridized carbons (Fsp3) is 0.375. The third-order valence-corrected chi connectivity index (χ3v) is 5.08. The number of para-hydroxylation sites is 2. The van der Waals surface area contributed by atoms with Crippen LogP contribution >= 0.6 is 11.3 Å². The largest absolute Gasteiger partial charge is 0.359 e. The molecule has 5 nitrogen and oxygen atoms in total. The summed E-state index contributed by atoms with van der Waals surface area (Å²) in [6.45, 7) is 5.31. The first-order chi connectivity index (χ1) is 10.8. The summed E-state index contributed by atoms with van der Waals surface area (Å²) in [5, 5.41) is 4.78. The molecular formula is C16H19N5S. The number of nitrogens with zero attached hydrogens (tertiary/aromatic N) is 3. The van der Waals surface area contributed by atoms with Gasteiger partial charge in [-0.05, 0) is 18.6 Å². The molecular weight excluding hydrogens is 294 g/mol. The summed E-state index contributed by atoms with van der Waals surface area (Å²) in [6, 6.07) is 8.67. The van der Waals surface area contributed by atoms with Gasteiger partial charge in [0.1, 0.15) is 10.7 Å². The Hall–Kier alpha value is -1.92. The molecule has 2 N–H and O–H groups in total. The van der Waals surface area contributed by atoms with Gasteiger partial charge in [-0.25, -0.2) is 9.97 Å². The molecule has 1 fully saturated rings. The van der Waals surface area contributed by atoms with Gasteiger partial charge in [-0.2, -0.15) is 0 Å². The fourth-order valence-corrected chi connectivity index (χ4v) is 3.81. The summed E-state index contributed by atoms with van der Waals surface area (Å²) in [6.07, 6.45) is 1.15. The number of rotatable bonds is 3. The van der Waals surface area contributed by atoms with Crippen LogP contribution in [0.25, 0.3) is 22.6 Å². The van der Waals surface area contributed by atoms with Gasteiger partial charge in [-0.15, -0.1) is 11.3 Å². The molecule has 0 saturated carbocycles. The first kappa shape index (κ1) is 13.7. The van der Waals surface area contributed by atoms with Crippen LogP contribution < -0.4 is 10.2 Å². The quantitative estimate of drug-likeness (QED) is 0.780. The van der Waals surface area contributed by atoms with Crippen molar-refractivity contribution in [1.82, 2.24) is 20.3 Å². The average Bonchev–Trinajstić information content (AvgIpc) is 3.21. The number of aromatic amines is 1. The van der Waals surface area contributed by atoms with E-state index in [4.69, 9.17) is 4.98 Å². The van der Waals surface area contributed by atoms with Crippen molar-refractivity contribution in [2.24, 2.45) is 0 Å². The minimum Gasteiger partial charge on any atom is -0.359 e. The van der Waals surface area contributed by atoms with Crippen molar-refractivity contribution in [3.8, 4) is 11.5 Å². The molecule has 114 valence electrons. The Kier molecular flexibility index (Phi) is 3.56. The van der Waals surface area contributed by atoms with E-state index in [1.54, 1.807) is 11.3 Å². The summed E-state index contributed by atoms with van der Waals surface area (Å²) in [5.41, 5.74) is 4.94. The molecule has 22 heavy (non-hydrogen) atoms. The van der Waals surface area contributed by atoms with Gasteiger partial charge in [0, 0.05) is 25.7 Å². The Labute approximate surface area is 133 Å². The number of imidazole rings is 1. The van der Waals surface area contributed by atoms with Gasteiger partial charge in [-0.1, -0.05) is 19.1 Å². The second-order valence-corrected chi connectivity index (χ2v) is 6.45. The SMILES string of the molecule is CCC1CN(c2scnc2-c2nc3ccccc3[nH]2)CCN1. The molecule has 0 bridgehead atoms. The van der Waals surface area contributed by atoms with Gasteiger partial charge < -0.3 is 15.2 Å². The molecule has 1 aliphatic heterocycles. The van der Waals surface area contributed by atoms with E-state index < -0.39 is 0 Å².